The molecular weight excluding hydrogens is 450 g/mol. The van der Waals surface area contributed by atoms with E-state index in [1.165, 1.54) is 17.9 Å². The molecule has 35 heavy (non-hydrogen) atoms. The number of benzene rings is 2. The Morgan fingerprint density at radius 2 is 1.71 bits per heavy atom. The molecule has 0 aliphatic carbocycles. The third-order valence-electron chi connectivity index (χ3n) is 5.54. The van der Waals surface area contributed by atoms with Crippen molar-refractivity contribution >= 4 is 22.8 Å². The Labute approximate surface area is 201 Å². The van der Waals surface area contributed by atoms with Crippen LogP contribution in [0.4, 0.5) is 5.69 Å². The summed E-state index contributed by atoms with van der Waals surface area (Å²) in [6, 6.07) is 14.5. The van der Waals surface area contributed by atoms with Gasteiger partial charge in [-0.2, -0.15) is 0 Å². The molecule has 182 valence electrons. The van der Waals surface area contributed by atoms with Gasteiger partial charge in [-0.3, -0.25) is 18.7 Å². The van der Waals surface area contributed by atoms with E-state index < -0.39 is 11.2 Å². The van der Waals surface area contributed by atoms with Crippen LogP contribution < -0.4 is 26.0 Å². The molecule has 0 saturated carbocycles. The van der Waals surface area contributed by atoms with Crippen molar-refractivity contribution in [2.75, 3.05) is 11.9 Å². The van der Waals surface area contributed by atoms with Crippen LogP contribution in [0.25, 0.3) is 11.2 Å². The molecule has 0 saturated heterocycles. The zero-order valence-electron chi connectivity index (χ0n) is 19.9. The maximum Gasteiger partial charge on any atom is 0.332 e. The summed E-state index contributed by atoms with van der Waals surface area (Å²) in [7, 11) is 3.00. The van der Waals surface area contributed by atoms with Crippen molar-refractivity contribution in [3.8, 4) is 17.2 Å². The second-order valence-corrected chi connectivity index (χ2v) is 7.97. The Bertz CT molecular complexity index is 1470. The van der Waals surface area contributed by atoms with Gasteiger partial charge in [-0.05, 0) is 49.7 Å². The molecule has 0 radical (unpaired) electrons. The predicted octanol–water partition coefficient (Wildman–Crippen LogP) is 3.04. The highest BCUT2D eigenvalue weighted by Gasteiger charge is 2.15. The second-order valence-electron chi connectivity index (χ2n) is 7.97. The summed E-state index contributed by atoms with van der Waals surface area (Å²) in [4.78, 5) is 41.5. The van der Waals surface area contributed by atoms with Gasteiger partial charge in [0.05, 0.1) is 18.6 Å². The highest BCUT2D eigenvalue weighted by atomic mass is 16.5. The number of nitrogens with one attached hydrogen (secondary N) is 1. The molecule has 10 heteroatoms. The van der Waals surface area contributed by atoms with Gasteiger partial charge in [0.25, 0.3) is 5.56 Å². The second kappa shape index (κ2) is 10.3. The molecule has 0 fully saturated rings. The first-order valence-corrected chi connectivity index (χ1v) is 11.3. The van der Waals surface area contributed by atoms with Crippen LogP contribution in [0.3, 0.4) is 0 Å². The van der Waals surface area contributed by atoms with Crippen molar-refractivity contribution in [2.24, 2.45) is 14.1 Å². The SMILES string of the molecule is CCOc1ccc(Oc2ccccc2NC(=O)CCCn2cnc3c2c(=O)n(C)c(=O)n3C)cc1. The molecule has 0 bridgehead atoms. The summed E-state index contributed by atoms with van der Waals surface area (Å²) in [5.74, 6) is 1.72. The smallest absolute Gasteiger partial charge is 0.332 e. The molecule has 10 nitrogen and oxygen atoms in total. The molecular formula is C25H27N5O5. The summed E-state index contributed by atoms with van der Waals surface area (Å²) in [6.45, 7) is 2.91. The van der Waals surface area contributed by atoms with E-state index in [2.05, 4.69) is 10.3 Å². The Morgan fingerprint density at radius 1 is 1.00 bits per heavy atom. The van der Waals surface area contributed by atoms with E-state index >= 15 is 0 Å². The van der Waals surface area contributed by atoms with Gasteiger partial charge in [0.2, 0.25) is 5.91 Å². The number of para-hydroxylation sites is 2. The quantitative estimate of drug-likeness (QED) is 0.397. The number of hydrogen-bond donors (Lipinski definition) is 1. The predicted molar refractivity (Wildman–Crippen MR) is 132 cm³/mol. The molecule has 0 unspecified atom stereocenters. The summed E-state index contributed by atoms with van der Waals surface area (Å²) in [5, 5.41) is 2.89. The molecule has 4 aromatic rings. The van der Waals surface area contributed by atoms with Crippen LogP contribution in [0.1, 0.15) is 19.8 Å². The van der Waals surface area contributed by atoms with Crippen LogP contribution in [0, 0.1) is 0 Å². The molecule has 1 N–H and O–H groups in total. The average molecular weight is 478 g/mol. The number of aryl methyl sites for hydroxylation is 2. The summed E-state index contributed by atoms with van der Waals surface area (Å²) in [5.41, 5.74) is 0.374. The highest BCUT2D eigenvalue weighted by molar-refractivity contribution is 5.92. The van der Waals surface area contributed by atoms with E-state index in [1.807, 2.05) is 31.2 Å². The van der Waals surface area contributed by atoms with Gasteiger partial charge < -0.3 is 19.4 Å². The molecule has 2 aromatic heterocycles. The summed E-state index contributed by atoms with van der Waals surface area (Å²) in [6.07, 6.45) is 2.22. The maximum atomic E-state index is 12.6. The lowest BCUT2D eigenvalue weighted by atomic mass is 10.2. The fourth-order valence-corrected chi connectivity index (χ4v) is 3.75. The van der Waals surface area contributed by atoms with E-state index in [0.717, 1.165) is 10.3 Å². The largest absolute Gasteiger partial charge is 0.494 e. The van der Waals surface area contributed by atoms with Crippen LogP contribution in [0.15, 0.2) is 64.4 Å². The fraction of sp³-hybridized carbons (Fsp3) is 0.280. The topological polar surface area (TPSA) is 109 Å². The Kier molecular flexibility index (Phi) is 7.00. The van der Waals surface area contributed by atoms with Gasteiger partial charge in [-0.25, -0.2) is 9.78 Å². The first kappa shape index (κ1) is 23.8. The number of rotatable bonds is 9. The Balaban J connectivity index is 1.39. The van der Waals surface area contributed by atoms with Gasteiger partial charge in [-0.15, -0.1) is 0 Å². The van der Waals surface area contributed by atoms with Crippen molar-refractivity contribution in [2.45, 2.75) is 26.3 Å². The van der Waals surface area contributed by atoms with Crippen molar-refractivity contribution in [1.29, 1.82) is 0 Å². The minimum Gasteiger partial charge on any atom is -0.494 e. The minimum atomic E-state index is -0.432. The van der Waals surface area contributed by atoms with Crippen molar-refractivity contribution in [3.63, 3.8) is 0 Å². The van der Waals surface area contributed by atoms with Crippen molar-refractivity contribution in [3.05, 3.63) is 75.7 Å². The number of nitrogens with zero attached hydrogens (tertiary/aromatic N) is 4. The number of imidazole rings is 1. The lowest BCUT2D eigenvalue weighted by Gasteiger charge is -2.13. The number of amides is 1. The lowest BCUT2D eigenvalue weighted by molar-refractivity contribution is -0.116. The number of carbonyl (C=O) groups excluding carboxylic acids is 1. The monoisotopic (exact) mass is 477 g/mol. The van der Waals surface area contributed by atoms with Gasteiger partial charge in [0.1, 0.15) is 11.5 Å². The molecule has 4 rings (SSSR count). The molecule has 1 amide bonds. The fourth-order valence-electron chi connectivity index (χ4n) is 3.75. The standard InChI is InChI=1S/C25H27N5O5/c1-4-34-17-11-13-18(14-12-17)35-20-9-6-5-8-19(20)27-21(31)10-7-15-30-16-26-23-22(30)24(32)29(3)25(33)28(23)2/h5-6,8-9,11-14,16H,4,7,10,15H2,1-3H3,(H,27,31). The van der Waals surface area contributed by atoms with Crippen LogP contribution in [0.2, 0.25) is 0 Å². The van der Waals surface area contributed by atoms with E-state index in [0.29, 0.717) is 47.9 Å². The Hall–Kier alpha value is -4.34. The first-order valence-electron chi connectivity index (χ1n) is 11.3. The van der Waals surface area contributed by atoms with Gasteiger partial charge in [-0.1, -0.05) is 12.1 Å². The third kappa shape index (κ3) is 5.11. The normalized spacial score (nSPS) is 10.9. The van der Waals surface area contributed by atoms with Gasteiger partial charge >= 0.3 is 5.69 Å². The number of fused-ring (bicyclic) bond motifs is 1. The lowest BCUT2D eigenvalue weighted by Crippen LogP contribution is -2.37. The molecule has 2 aromatic carbocycles. The van der Waals surface area contributed by atoms with E-state index in [-0.39, 0.29) is 12.3 Å². The number of ether oxygens (including phenoxy) is 2. The number of aromatic nitrogens is 4. The molecule has 0 aliphatic rings. The van der Waals surface area contributed by atoms with Crippen LogP contribution in [-0.2, 0) is 25.4 Å². The van der Waals surface area contributed by atoms with Crippen molar-refractivity contribution in [1.82, 2.24) is 18.7 Å². The molecule has 0 aliphatic heterocycles. The number of hydrogen-bond acceptors (Lipinski definition) is 6. The van der Waals surface area contributed by atoms with E-state index in [1.54, 1.807) is 35.9 Å². The van der Waals surface area contributed by atoms with Crippen LogP contribution in [-0.4, -0.2) is 31.2 Å². The molecule has 0 spiro atoms. The van der Waals surface area contributed by atoms with Gasteiger partial charge in [0, 0.05) is 27.1 Å². The van der Waals surface area contributed by atoms with Crippen molar-refractivity contribution < 1.29 is 14.3 Å². The van der Waals surface area contributed by atoms with E-state index in [9.17, 15) is 14.4 Å². The van der Waals surface area contributed by atoms with E-state index in [4.69, 9.17) is 9.47 Å². The zero-order valence-corrected chi connectivity index (χ0v) is 19.9. The third-order valence-corrected chi connectivity index (χ3v) is 5.54. The number of anilines is 1. The Morgan fingerprint density at radius 3 is 2.46 bits per heavy atom. The average Bonchev–Trinajstić information content (AvgIpc) is 3.28. The zero-order chi connectivity index (χ0) is 24.9. The summed E-state index contributed by atoms with van der Waals surface area (Å²) < 4.78 is 15.5. The van der Waals surface area contributed by atoms with Crippen LogP contribution >= 0.6 is 0 Å². The first-order chi connectivity index (χ1) is 16.9. The summed E-state index contributed by atoms with van der Waals surface area (Å²) >= 11 is 0. The number of carbonyl (C=O) groups is 1. The highest BCUT2D eigenvalue weighted by Crippen LogP contribution is 2.30. The minimum absolute atomic E-state index is 0.183. The maximum absolute atomic E-state index is 12.6. The molecule has 2 heterocycles. The molecule has 0 atom stereocenters. The van der Waals surface area contributed by atoms with Crippen LogP contribution in [0.5, 0.6) is 17.2 Å². The van der Waals surface area contributed by atoms with Gasteiger partial charge in [0.15, 0.2) is 16.9 Å².